The van der Waals surface area contributed by atoms with Gasteiger partial charge in [-0.25, -0.2) is 0 Å². The van der Waals surface area contributed by atoms with Crippen LogP contribution in [0, 0.1) is 11.8 Å². The molecule has 3 aliphatic rings. The van der Waals surface area contributed by atoms with Gasteiger partial charge in [0.15, 0.2) is 0 Å². The largest absolute Gasteiger partial charge is 0.546 e. The zero-order valence-electron chi connectivity index (χ0n) is 15.5. The van der Waals surface area contributed by atoms with E-state index in [4.69, 9.17) is 9.47 Å². The molecule has 4 rings (SSSR count). The number of carboxylic acid groups (broad SMARTS) is 1. The lowest BCUT2D eigenvalue weighted by molar-refractivity contribution is -0.307. The molecule has 1 heterocycles. The van der Waals surface area contributed by atoms with Crippen LogP contribution in [-0.4, -0.2) is 18.7 Å². The van der Waals surface area contributed by atoms with Crippen LogP contribution >= 0.6 is 0 Å². The zero-order chi connectivity index (χ0) is 17.2. The first-order chi connectivity index (χ1) is 12.2. The van der Waals surface area contributed by atoms with E-state index in [2.05, 4.69) is 6.08 Å². The fourth-order valence-electron chi connectivity index (χ4n) is 4.88. The third kappa shape index (κ3) is 3.64. The highest BCUT2D eigenvalue weighted by Crippen LogP contribution is 2.52. The third-order valence-electron chi connectivity index (χ3n) is 5.92. The van der Waals surface area contributed by atoms with Crippen molar-refractivity contribution in [2.45, 2.75) is 57.2 Å². The Balaban J connectivity index is 0.00000196. The van der Waals surface area contributed by atoms with Crippen LogP contribution in [0.1, 0.15) is 56.6 Å². The molecule has 2 fully saturated rings. The van der Waals surface area contributed by atoms with E-state index in [9.17, 15) is 9.90 Å². The Hall–Kier alpha value is -1.85. The van der Waals surface area contributed by atoms with Crippen molar-refractivity contribution in [3.63, 3.8) is 0 Å². The van der Waals surface area contributed by atoms with E-state index in [1.54, 1.807) is 5.57 Å². The predicted molar refractivity (Wildman–Crippen MR) is 97.9 cm³/mol. The molecule has 1 aromatic carbocycles. The summed E-state index contributed by atoms with van der Waals surface area (Å²) in [7, 11) is 0. The summed E-state index contributed by atoms with van der Waals surface area (Å²) >= 11 is 0. The average Bonchev–Trinajstić information content (AvgIpc) is 2.66. The molecule has 0 bridgehead atoms. The first-order valence-electron chi connectivity index (χ1n) is 9.51. The maximum Gasteiger partial charge on any atom is 0.128 e. The Morgan fingerprint density at radius 1 is 1.12 bits per heavy atom. The van der Waals surface area contributed by atoms with Crippen molar-refractivity contribution >= 4 is 5.97 Å². The van der Waals surface area contributed by atoms with Gasteiger partial charge < -0.3 is 25.5 Å². The van der Waals surface area contributed by atoms with Crippen molar-refractivity contribution in [2.75, 3.05) is 6.61 Å². The maximum atomic E-state index is 10.8. The van der Waals surface area contributed by atoms with Crippen molar-refractivity contribution in [1.29, 1.82) is 0 Å². The average molecular weight is 359 g/mol. The van der Waals surface area contributed by atoms with Crippen molar-refractivity contribution < 1.29 is 19.4 Å². The molecule has 1 aliphatic heterocycles. The number of allylic oxidation sites excluding steroid dienone is 1. The van der Waals surface area contributed by atoms with Crippen LogP contribution in [0.15, 0.2) is 35.9 Å². The minimum Gasteiger partial charge on any atom is -0.546 e. The molecule has 1 saturated carbocycles. The van der Waals surface area contributed by atoms with Crippen LogP contribution < -0.4 is 16.0 Å². The molecule has 1 saturated heterocycles. The van der Waals surface area contributed by atoms with Gasteiger partial charge in [0, 0.05) is 17.4 Å². The van der Waals surface area contributed by atoms with Crippen LogP contribution in [0.5, 0.6) is 5.75 Å². The van der Waals surface area contributed by atoms with Crippen LogP contribution in [0.25, 0.3) is 0 Å². The topological polar surface area (TPSA) is 95.1 Å². The summed E-state index contributed by atoms with van der Waals surface area (Å²) in [5.41, 5.74) is 2.56. The third-order valence-corrected chi connectivity index (χ3v) is 5.92. The molecule has 0 radical (unpaired) electrons. The lowest BCUT2D eigenvalue weighted by Crippen LogP contribution is -2.41. The molecule has 26 heavy (non-hydrogen) atoms. The number of carboxylic acids is 1. The smallest absolute Gasteiger partial charge is 0.128 e. The highest BCUT2D eigenvalue weighted by molar-refractivity contribution is 5.66. The number of carbonyl (C=O) groups excluding carboxylic acids is 1. The van der Waals surface area contributed by atoms with Gasteiger partial charge in [-0.1, -0.05) is 42.7 Å². The van der Waals surface area contributed by atoms with Crippen LogP contribution in [0.2, 0.25) is 0 Å². The van der Waals surface area contributed by atoms with Gasteiger partial charge in [0.1, 0.15) is 12.4 Å². The summed E-state index contributed by atoms with van der Waals surface area (Å²) in [6.45, 7) is -0.427. The van der Waals surface area contributed by atoms with Crippen LogP contribution in [0.4, 0.5) is 0 Å². The predicted octanol–water partition coefficient (Wildman–Crippen LogP) is 3.55. The second-order valence-electron chi connectivity index (χ2n) is 7.43. The van der Waals surface area contributed by atoms with Gasteiger partial charge in [-0.05, 0) is 38.2 Å². The number of carbonyl (C=O) groups is 1. The number of rotatable bonds is 4. The lowest BCUT2D eigenvalue weighted by Gasteiger charge is -2.47. The van der Waals surface area contributed by atoms with Gasteiger partial charge >= 0.3 is 0 Å². The molecule has 1 aromatic rings. The lowest BCUT2D eigenvalue weighted by atomic mass is 9.68. The van der Waals surface area contributed by atoms with E-state index in [0.717, 1.165) is 18.4 Å². The summed E-state index contributed by atoms with van der Waals surface area (Å²) in [6.07, 6.45) is 11.1. The Bertz CT molecular complexity index is 672. The molecule has 2 aliphatic carbocycles. The summed E-state index contributed by atoms with van der Waals surface area (Å²) in [5.74, 6) is 0.369. The molecule has 0 spiro atoms. The minimum atomic E-state index is -1.20. The normalized spacial score (nSPS) is 30.2. The molecule has 4 N–H and O–H groups in total. The molecule has 4 unspecified atom stereocenters. The van der Waals surface area contributed by atoms with Crippen LogP contribution in [0.3, 0.4) is 0 Å². The number of benzene rings is 1. The van der Waals surface area contributed by atoms with E-state index in [1.807, 2.05) is 24.3 Å². The van der Waals surface area contributed by atoms with Gasteiger partial charge in [-0.3, -0.25) is 0 Å². The fourth-order valence-corrected chi connectivity index (χ4v) is 4.88. The Morgan fingerprint density at radius 2 is 1.88 bits per heavy atom. The number of hydrogen-bond acceptors (Lipinski definition) is 4. The maximum absolute atomic E-state index is 10.8. The van der Waals surface area contributed by atoms with E-state index in [1.165, 1.54) is 32.1 Å². The van der Waals surface area contributed by atoms with E-state index >= 15 is 0 Å². The molecule has 5 nitrogen and oxygen atoms in total. The zero-order valence-corrected chi connectivity index (χ0v) is 15.5. The van der Waals surface area contributed by atoms with Crippen molar-refractivity contribution in [1.82, 2.24) is 6.15 Å². The van der Waals surface area contributed by atoms with E-state index in [0.29, 0.717) is 17.6 Å². The first-order valence-corrected chi connectivity index (χ1v) is 9.51. The van der Waals surface area contributed by atoms with Crippen molar-refractivity contribution in [2.24, 2.45) is 11.8 Å². The van der Waals surface area contributed by atoms with Gasteiger partial charge in [0.05, 0.1) is 18.2 Å². The fraction of sp³-hybridized carbons (Fsp3) is 0.571. The van der Waals surface area contributed by atoms with Gasteiger partial charge in [0.2, 0.25) is 0 Å². The summed E-state index contributed by atoms with van der Waals surface area (Å²) in [5, 5.41) is 10.8. The van der Waals surface area contributed by atoms with Crippen LogP contribution in [-0.2, 0) is 9.53 Å². The molecular weight excluding hydrogens is 330 g/mol. The monoisotopic (exact) mass is 359 g/mol. The summed E-state index contributed by atoms with van der Waals surface area (Å²) in [4.78, 5) is 10.8. The SMILES string of the molecule is O=C([O-])COc1ccccc1C1OC2CCCCC2C2=CCCCC21.[NH4+]. The standard InChI is InChI=1S/C21H26O4.H3N/c22-20(23)13-24-18-11-5-4-10-17(18)21-16-9-2-1-7-14(16)15-8-3-6-12-19(15)25-21;/h4-5,7,10-11,15-16,19,21H,1-3,6,8-9,12-13H2,(H,22,23);1H3. The highest BCUT2D eigenvalue weighted by atomic mass is 16.5. The highest BCUT2D eigenvalue weighted by Gasteiger charge is 2.44. The number of ether oxygens (including phenoxy) is 2. The summed E-state index contributed by atoms with van der Waals surface area (Å²) in [6, 6.07) is 7.70. The number of quaternary nitrogens is 1. The molecule has 4 atom stereocenters. The molecule has 0 amide bonds. The van der Waals surface area contributed by atoms with E-state index in [-0.39, 0.29) is 18.4 Å². The molecule has 0 aromatic heterocycles. The number of hydrogen-bond donors (Lipinski definition) is 1. The van der Waals surface area contributed by atoms with Gasteiger partial charge in [-0.2, -0.15) is 0 Å². The second kappa shape index (κ2) is 8.23. The summed E-state index contributed by atoms with van der Waals surface area (Å²) < 4.78 is 12.1. The second-order valence-corrected chi connectivity index (χ2v) is 7.43. The molecule has 142 valence electrons. The van der Waals surface area contributed by atoms with Gasteiger partial charge in [-0.15, -0.1) is 0 Å². The van der Waals surface area contributed by atoms with E-state index < -0.39 is 12.6 Å². The van der Waals surface area contributed by atoms with Crippen molar-refractivity contribution in [3.05, 3.63) is 41.5 Å². The quantitative estimate of drug-likeness (QED) is 0.832. The first kappa shape index (κ1) is 18.9. The Morgan fingerprint density at radius 3 is 2.73 bits per heavy atom. The Labute approximate surface area is 155 Å². The van der Waals surface area contributed by atoms with Gasteiger partial charge in [0.25, 0.3) is 0 Å². The van der Waals surface area contributed by atoms with Crippen molar-refractivity contribution in [3.8, 4) is 5.75 Å². The number of aliphatic carboxylic acids is 1. The molecular formula is C21H29NO4. The number of fused-ring (bicyclic) bond motifs is 3. The Kier molecular flexibility index (Phi) is 5.99. The minimum absolute atomic E-state index is 0. The molecule has 5 heteroatoms. The number of para-hydroxylation sites is 1.